The van der Waals surface area contributed by atoms with Gasteiger partial charge in [-0.3, -0.25) is 4.68 Å². The van der Waals surface area contributed by atoms with Gasteiger partial charge in [0, 0.05) is 12.6 Å². The molecule has 0 bridgehead atoms. The number of aryl methyl sites for hydroxylation is 1. The predicted octanol–water partition coefficient (Wildman–Crippen LogP) is -0.0241. The number of aliphatic hydroxyl groups is 1. The second-order valence-corrected chi connectivity index (χ2v) is 3.95. The first-order valence-electron chi connectivity index (χ1n) is 4.21. The lowest BCUT2D eigenvalue weighted by Crippen LogP contribution is -2.34. The van der Waals surface area contributed by atoms with Crippen LogP contribution in [0.15, 0.2) is 6.33 Å². The van der Waals surface area contributed by atoms with E-state index < -0.39 is 11.6 Å². The highest BCUT2D eigenvalue weighted by molar-refractivity contribution is 4.92. The molecule has 1 rings (SSSR count). The zero-order chi connectivity index (χ0) is 10.1. The number of aliphatic hydroxyl groups excluding tert-OH is 1. The van der Waals surface area contributed by atoms with E-state index >= 15 is 0 Å². The van der Waals surface area contributed by atoms with Crippen molar-refractivity contribution in [3.63, 3.8) is 0 Å². The van der Waals surface area contributed by atoms with E-state index in [9.17, 15) is 5.11 Å². The second kappa shape index (κ2) is 3.43. The molecule has 13 heavy (non-hydrogen) atoms. The Labute approximate surface area is 77.6 Å². The minimum Gasteiger partial charge on any atom is -0.385 e. The van der Waals surface area contributed by atoms with Crippen molar-refractivity contribution in [3.05, 3.63) is 12.2 Å². The van der Waals surface area contributed by atoms with E-state index in [1.165, 1.54) is 6.33 Å². The second-order valence-electron chi connectivity index (χ2n) is 3.95. The number of nitrogens with two attached hydrogens (primary N) is 1. The zero-order valence-electron chi connectivity index (χ0n) is 8.23. The molecular weight excluding hydrogens is 168 g/mol. The van der Waals surface area contributed by atoms with Crippen LogP contribution in [0.3, 0.4) is 0 Å². The first-order chi connectivity index (χ1) is 5.90. The molecule has 1 unspecified atom stereocenters. The van der Waals surface area contributed by atoms with Crippen LogP contribution >= 0.6 is 0 Å². The topological polar surface area (TPSA) is 77.0 Å². The third-order valence-electron chi connectivity index (χ3n) is 1.76. The van der Waals surface area contributed by atoms with Gasteiger partial charge in [-0.05, 0) is 20.3 Å². The molecular formula is C8H16N4O. The first-order valence-corrected chi connectivity index (χ1v) is 4.21. The third kappa shape index (κ3) is 2.78. The molecule has 0 aliphatic heterocycles. The predicted molar refractivity (Wildman–Crippen MR) is 48.8 cm³/mol. The third-order valence-corrected chi connectivity index (χ3v) is 1.76. The van der Waals surface area contributed by atoms with Gasteiger partial charge in [0.1, 0.15) is 12.4 Å². The van der Waals surface area contributed by atoms with Crippen molar-refractivity contribution in [2.75, 3.05) is 0 Å². The van der Waals surface area contributed by atoms with E-state index in [-0.39, 0.29) is 0 Å². The lowest BCUT2D eigenvalue weighted by atomic mass is 9.98. The Morgan fingerprint density at radius 2 is 2.31 bits per heavy atom. The van der Waals surface area contributed by atoms with E-state index in [0.29, 0.717) is 12.2 Å². The summed E-state index contributed by atoms with van der Waals surface area (Å²) < 4.78 is 1.55. The highest BCUT2D eigenvalue weighted by atomic mass is 16.3. The molecule has 1 heterocycles. The summed E-state index contributed by atoms with van der Waals surface area (Å²) in [5.74, 6) is 0.554. The fourth-order valence-electron chi connectivity index (χ4n) is 1.20. The van der Waals surface area contributed by atoms with E-state index in [0.717, 1.165) is 0 Å². The minimum atomic E-state index is -0.646. The van der Waals surface area contributed by atoms with Gasteiger partial charge in [-0.25, -0.2) is 4.98 Å². The minimum absolute atomic E-state index is 0.397. The molecule has 5 heteroatoms. The SMILES string of the molecule is Cn1ncnc1C(O)CC(C)(C)N. The maximum Gasteiger partial charge on any atom is 0.155 e. The summed E-state index contributed by atoms with van der Waals surface area (Å²) in [5, 5.41) is 13.6. The number of nitrogens with zero attached hydrogens (tertiary/aromatic N) is 3. The van der Waals surface area contributed by atoms with Gasteiger partial charge in [0.15, 0.2) is 5.82 Å². The van der Waals surface area contributed by atoms with Gasteiger partial charge in [-0.1, -0.05) is 0 Å². The Balaban J connectivity index is 2.69. The molecule has 0 aromatic carbocycles. The van der Waals surface area contributed by atoms with Crippen LogP contribution in [0.2, 0.25) is 0 Å². The van der Waals surface area contributed by atoms with Crippen LogP contribution in [0, 0.1) is 0 Å². The Morgan fingerprint density at radius 1 is 1.69 bits per heavy atom. The molecule has 1 aromatic rings. The van der Waals surface area contributed by atoms with Gasteiger partial charge in [-0.15, -0.1) is 0 Å². The number of hydrogen-bond donors (Lipinski definition) is 2. The molecule has 0 amide bonds. The van der Waals surface area contributed by atoms with Crippen molar-refractivity contribution in [1.82, 2.24) is 14.8 Å². The summed E-state index contributed by atoms with van der Waals surface area (Å²) in [6.45, 7) is 3.74. The van der Waals surface area contributed by atoms with Gasteiger partial charge in [-0.2, -0.15) is 5.10 Å². The Morgan fingerprint density at radius 3 is 2.69 bits per heavy atom. The van der Waals surface area contributed by atoms with Crippen LogP contribution in [0.1, 0.15) is 32.2 Å². The molecule has 74 valence electrons. The van der Waals surface area contributed by atoms with Gasteiger partial charge < -0.3 is 10.8 Å². The molecule has 0 aliphatic rings. The molecule has 1 aromatic heterocycles. The van der Waals surface area contributed by atoms with Crippen molar-refractivity contribution in [3.8, 4) is 0 Å². The van der Waals surface area contributed by atoms with Crippen molar-refractivity contribution >= 4 is 0 Å². The van der Waals surface area contributed by atoms with Crippen molar-refractivity contribution in [2.45, 2.75) is 31.9 Å². The lowest BCUT2D eigenvalue weighted by Gasteiger charge is -2.21. The largest absolute Gasteiger partial charge is 0.385 e. The fourth-order valence-corrected chi connectivity index (χ4v) is 1.20. The van der Waals surface area contributed by atoms with E-state index in [1.807, 2.05) is 13.8 Å². The van der Waals surface area contributed by atoms with Gasteiger partial charge in [0.05, 0.1) is 0 Å². The molecule has 5 nitrogen and oxygen atoms in total. The number of rotatable bonds is 3. The van der Waals surface area contributed by atoms with Crippen molar-refractivity contribution in [2.24, 2.45) is 12.8 Å². The zero-order valence-corrected chi connectivity index (χ0v) is 8.23. The molecule has 0 radical (unpaired) electrons. The Kier molecular flexibility index (Phi) is 2.68. The molecule has 0 saturated heterocycles. The van der Waals surface area contributed by atoms with E-state index in [2.05, 4.69) is 10.1 Å². The summed E-state index contributed by atoms with van der Waals surface area (Å²) >= 11 is 0. The highest BCUT2D eigenvalue weighted by Crippen LogP contribution is 2.19. The highest BCUT2D eigenvalue weighted by Gasteiger charge is 2.21. The summed E-state index contributed by atoms with van der Waals surface area (Å²) in [6, 6.07) is 0. The maximum absolute atomic E-state index is 9.72. The Bertz CT molecular complexity index is 276. The smallest absolute Gasteiger partial charge is 0.155 e. The maximum atomic E-state index is 9.72. The average Bonchev–Trinajstić information content (AvgIpc) is 2.30. The average molecular weight is 184 g/mol. The quantitative estimate of drug-likeness (QED) is 0.692. The monoisotopic (exact) mass is 184 g/mol. The standard InChI is InChI=1S/C8H16N4O/c1-8(2,9)4-6(13)7-10-5-11-12(7)3/h5-6,13H,4,9H2,1-3H3. The Hall–Kier alpha value is -0.940. The molecule has 0 fully saturated rings. The summed E-state index contributed by atoms with van der Waals surface area (Å²) in [5.41, 5.74) is 5.38. The molecule has 0 aliphatic carbocycles. The summed E-state index contributed by atoms with van der Waals surface area (Å²) in [4.78, 5) is 3.95. The molecule has 3 N–H and O–H groups in total. The van der Waals surface area contributed by atoms with E-state index in [4.69, 9.17) is 5.73 Å². The normalized spacial score (nSPS) is 14.5. The van der Waals surface area contributed by atoms with Crippen LogP contribution in [0.5, 0.6) is 0 Å². The summed E-state index contributed by atoms with van der Waals surface area (Å²) in [6.07, 6.45) is 1.24. The van der Waals surface area contributed by atoms with Crippen LogP contribution in [0.25, 0.3) is 0 Å². The van der Waals surface area contributed by atoms with Gasteiger partial charge in [0.25, 0.3) is 0 Å². The molecule has 0 saturated carbocycles. The fraction of sp³-hybridized carbons (Fsp3) is 0.750. The van der Waals surface area contributed by atoms with Gasteiger partial charge >= 0.3 is 0 Å². The van der Waals surface area contributed by atoms with Crippen LogP contribution in [-0.4, -0.2) is 25.4 Å². The molecule has 0 spiro atoms. The van der Waals surface area contributed by atoms with E-state index in [1.54, 1.807) is 11.7 Å². The summed E-state index contributed by atoms with van der Waals surface area (Å²) in [7, 11) is 1.75. The number of aromatic nitrogens is 3. The molecule has 1 atom stereocenters. The van der Waals surface area contributed by atoms with Crippen molar-refractivity contribution < 1.29 is 5.11 Å². The number of hydrogen-bond acceptors (Lipinski definition) is 4. The van der Waals surface area contributed by atoms with Crippen LogP contribution in [-0.2, 0) is 7.05 Å². The lowest BCUT2D eigenvalue weighted by molar-refractivity contribution is 0.129. The van der Waals surface area contributed by atoms with Crippen LogP contribution in [0.4, 0.5) is 0 Å². The first kappa shape index (κ1) is 10.1. The van der Waals surface area contributed by atoms with Gasteiger partial charge in [0.2, 0.25) is 0 Å². The van der Waals surface area contributed by atoms with Crippen molar-refractivity contribution in [1.29, 1.82) is 0 Å². The van der Waals surface area contributed by atoms with Crippen LogP contribution < -0.4 is 5.73 Å².